The lowest BCUT2D eigenvalue weighted by Crippen LogP contribution is -2.31. The smallest absolute Gasteiger partial charge is 0.306 e. The Hall–Kier alpha value is -2.78. The molecular formula is C30H33BrClF2N3O3. The van der Waals surface area contributed by atoms with Gasteiger partial charge in [0, 0.05) is 63.8 Å². The van der Waals surface area contributed by atoms with Gasteiger partial charge in [0.2, 0.25) is 0 Å². The summed E-state index contributed by atoms with van der Waals surface area (Å²) in [6, 6.07) is 6.26. The molecule has 10 heteroatoms. The molecule has 1 aromatic heterocycles. The third-order valence-electron chi connectivity index (χ3n) is 6.12. The third kappa shape index (κ3) is 6.92. The van der Waals surface area contributed by atoms with E-state index in [1.807, 2.05) is 0 Å². The van der Waals surface area contributed by atoms with Crippen molar-refractivity contribution in [2.24, 2.45) is 0 Å². The van der Waals surface area contributed by atoms with Gasteiger partial charge < -0.3 is 15.0 Å². The molecule has 0 bridgehead atoms. The zero-order valence-electron chi connectivity index (χ0n) is 30.2. The highest BCUT2D eigenvalue weighted by Crippen LogP contribution is 2.34. The number of hydrogen-bond donors (Lipinski definition) is 1. The van der Waals surface area contributed by atoms with Gasteiger partial charge in [-0.15, -0.1) is 0 Å². The van der Waals surface area contributed by atoms with E-state index < -0.39 is 71.6 Å². The molecule has 1 fully saturated rings. The van der Waals surface area contributed by atoms with E-state index in [-0.39, 0.29) is 51.9 Å². The van der Waals surface area contributed by atoms with E-state index in [2.05, 4.69) is 26.2 Å². The number of esters is 1. The first-order valence-corrected chi connectivity index (χ1v) is 13.6. The van der Waals surface area contributed by atoms with Gasteiger partial charge in [-0.3, -0.25) is 9.59 Å². The average Bonchev–Trinajstić information content (AvgIpc) is 3.01. The van der Waals surface area contributed by atoms with E-state index in [1.165, 1.54) is 19.1 Å². The molecule has 2 aromatic carbocycles. The van der Waals surface area contributed by atoms with Crippen molar-refractivity contribution >= 4 is 56.1 Å². The quantitative estimate of drug-likeness (QED) is 0.204. The number of fused-ring (bicyclic) bond motifs is 1. The van der Waals surface area contributed by atoms with Gasteiger partial charge in [-0.25, -0.2) is 13.8 Å². The summed E-state index contributed by atoms with van der Waals surface area (Å²) in [6.45, 7) is -0.579. The van der Waals surface area contributed by atoms with E-state index >= 15 is 4.39 Å². The number of nitrogens with zero attached hydrogens (tertiary/aromatic N) is 2. The maximum atomic E-state index is 15.1. The first-order chi connectivity index (χ1) is 21.9. The number of carbonyl (C=O) groups excluding carboxylic acids is 2. The van der Waals surface area contributed by atoms with Crippen molar-refractivity contribution in [1.29, 1.82) is 0 Å². The van der Waals surface area contributed by atoms with E-state index in [1.54, 1.807) is 26.8 Å². The Balaban J connectivity index is 1.81. The van der Waals surface area contributed by atoms with Crippen molar-refractivity contribution in [2.45, 2.75) is 64.8 Å². The van der Waals surface area contributed by atoms with Crippen LogP contribution in [0.25, 0.3) is 10.9 Å². The number of hydrogen-bond acceptors (Lipinski definition) is 5. The van der Waals surface area contributed by atoms with Gasteiger partial charge in [0.15, 0.2) is 0 Å². The van der Waals surface area contributed by atoms with Crippen LogP contribution < -0.4 is 10.2 Å². The molecule has 1 atom stereocenters. The normalized spacial score (nSPS) is 22.4. The second kappa shape index (κ2) is 12.4. The summed E-state index contributed by atoms with van der Waals surface area (Å²) in [5.41, 5.74) is -1.27. The molecule has 214 valence electrons. The summed E-state index contributed by atoms with van der Waals surface area (Å²) in [6.07, 6.45) is -7.06. The lowest BCUT2D eigenvalue weighted by molar-refractivity contribution is -0.155. The highest BCUT2D eigenvalue weighted by Gasteiger charge is 2.27. The SMILES string of the molecule is [2H]C1([2H])N(c2nc3ccc(Br)cc3c(C(=O)NCC(CCC(=O)OC(C)(C)C)c3c(F)ccc(F)c3Cl)c2C)C([2H])([2H])C([2H])([2H])C1([2H])[2H]. The van der Waals surface area contributed by atoms with Gasteiger partial charge in [-0.05, 0) is 77.2 Å². The van der Waals surface area contributed by atoms with Crippen LogP contribution in [0, 0.1) is 18.6 Å². The minimum atomic E-state index is -3.36. The van der Waals surface area contributed by atoms with Crippen molar-refractivity contribution in [1.82, 2.24) is 10.3 Å². The molecule has 4 rings (SSSR count). The van der Waals surface area contributed by atoms with Crippen LogP contribution in [0.3, 0.4) is 0 Å². The fourth-order valence-electron chi connectivity index (χ4n) is 4.38. The van der Waals surface area contributed by atoms with E-state index in [9.17, 15) is 14.0 Å². The van der Waals surface area contributed by atoms with Crippen LogP contribution in [0.4, 0.5) is 14.6 Å². The maximum Gasteiger partial charge on any atom is 0.306 e. The molecule has 1 N–H and O–H groups in total. The fourth-order valence-corrected chi connectivity index (χ4v) is 5.05. The molecule has 0 saturated carbocycles. The van der Waals surface area contributed by atoms with Crippen molar-refractivity contribution in [2.75, 3.05) is 24.4 Å². The predicted molar refractivity (Wildman–Crippen MR) is 157 cm³/mol. The molecule has 1 aliphatic rings. The lowest BCUT2D eigenvalue weighted by atomic mass is 9.92. The minimum absolute atomic E-state index is 0.0734. The summed E-state index contributed by atoms with van der Waals surface area (Å²) in [5.74, 6) is -4.79. The Morgan fingerprint density at radius 3 is 2.55 bits per heavy atom. The minimum Gasteiger partial charge on any atom is -0.460 e. The Bertz CT molecular complexity index is 1770. The van der Waals surface area contributed by atoms with Gasteiger partial charge in [0.25, 0.3) is 5.91 Å². The molecule has 0 radical (unpaired) electrons. The summed E-state index contributed by atoms with van der Waals surface area (Å²) in [5, 5.41) is 2.34. The molecular weight excluding hydrogens is 604 g/mol. The van der Waals surface area contributed by atoms with Crippen molar-refractivity contribution < 1.29 is 34.1 Å². The van der Waals surface area contributed by atoms with Crippen LogP contribution in [0.5, 0.6) is 0 Å². The molecule has 1 unspecified atom stereocenters. The first-order valence-electron chi connectivity index (χ1n) is 16.4. The van der Waals surface area contributed by atoms with Gasteiger partial charge in [0.05, 0.1) is 16.1 Å². The zero-order valence-corrected chi connectivity index (χ0v) is 24.6. The summed E-state index contributed by atoms with van der Waals surface area (Å²) >= 11 is 9.50. The highest BCUT2D eigenvalue weighted by atomic mass is 79.9. The fraction of sp³-hybridized carbons (Fsp3) is 0.433. The molecule has 1 saturated heterocycles. The molecule has 2 heterocycles. The Morgan fingerprint density at radius 1 is 1.20 bits per heavy atom. The van der Waals surface area contributed by atoms with Crippen molar-refractivity contribution in [3.05, 3.63) is 68.2 Å². The Kier molecular flexibility index (Phi) is 6.50. The Morgan fingerprint density at radius 2 is 1.88 bits per heavy atom. The molecule has 6 nitrogen and oxygen atoms in total. The molecule has 3 aromatic rings. The van der Waals surface area contributed by atoms with E-state index in [0.29, 0.717) is 4.47 Å². The third-order valence-corrected chi connectivity index (χ3v) is 6.99. The summed E-state index contributed by atoms with van der Waals surface area (Å²) in [4.78, 5) is 31.2. The monoisotopic (exact) mass is 643 g/mol. The topological polar surface area (TPSA) is 71.5 Å². The molecule has 1 aliphatic heterocycles. The average molecular weight is 645 g/mol. The predicted octanol–water partition coefficient (Wildman–Crippen LogP) is 7.47. The summed E-state index contributed by atoms with van der Waals surface area (Å²) < 4.78 is 102. The largest absolute Gasteiger partial charge is 0.460 e. The van der Waals surface area contributed by atoms with Gasteiger partial charge in [-0.1, -0.05) is 27.5 Å². The number of carbonyl (C=O) groups is 2. The molecule has 1 amide bonds. The number of halogens is 4. The number of nitrogens with one attached hydrogen (secondary N) is 1. The van der Waals surface area contributed by atoms with Crippen molar-refractivity contribution in [3.63, 3.8) is 0 Å². The standard InChI is InChI=1S/C30H33BrClF2N3O3/c1-17-25(20-15-19(31)8-11-23(20)36-28(17)37-13-5-6-14-37)29(39)35-16-18(7-12-24(38)40-30(2,3)4)26-21(33)9-10-22(34)27(26)32/h8-11,15,18H,5-7,12-14,16H2,1-4H3,(H,35,39)/i5D2,6D2,13D2,14D2. The second-order valence-corrected chi connectivity index (χ2v) is 11.5. The van der Waals surface area contributed by atoms with Crippen LogP contribution in [0.2, 0.25) is 5.02 Å². The first kappa shape index (κ1) is 21.0. The molecule has 40 heavy (non-hydrogen) atoms. The van der Waals surface area contributed by atoms with Gasteiger partial charge in [0.1, 0.15) is 23.1 Å². The van der Waals surface area contributed by atoms with Crippen molar-refractivity contribution in [3.8, 4) is 0 Å². The number of pyridine rings is 1. The summed E-state index contributed by atoms with van der Waals surface area (Å²) in [7, 11) is 0. The van der Waals surface area contributed by atoms with Gasteiger partial charge >= 0.3 is 5.97 Å². The number of anilines is 1. The maximum absolute atomic E-state index is 15.1. The number of ether oxygens (including phenoxy) is 1. The molecule has 0 spiro atoms. The lowest BCUT2D eigenvalue weighted by Gasteiger charge is -2.24. The van der Waals surface area contributed by atoms with Crippen LogP contribution in [-0.4, -0.2) is 42.0 Å². The number of rotatable bonds is 8. The van der Waals surface area contributed by atoms with Crippen LogP contribution >= 0.6 is 27.5 Å². The van der Waals surface area contributed by atoms with Crippen LogP contribution in [-0.2, 0) is 9.53 Å². The zero-order chi connectivity index (χ0) is 36.4. The highest BCUT2D eigenvalue weighted by molar-refractivity contribution is 9.10. The van der Waals surface area contributed by atoms with Gasteiger partial charge in [-0.2, -0.15) is 0 Å². The number of benzene rings is 2. The number of aromatic nitrogens is 1. The number of amides is 1. The Labute approximate surface area is 257 Å². The van der Waals surface area contributed by atoms with Crippen LogP contribution in [0.15, 0.2) is 34.8 Å². The van der Waals surface area contributed by atoms with E-state index in [4.69, 9.17) is 27.3 Å². The second-order valence-electron chi connectivity index (χ2n) is 10.2. The van der Waals surface area contributed by atoms with Crippen LogP contribution in [0.1, 0.15) is 84.7 Å². The van der Waals surface area contributed by atoms with E-state index in [0.717, 1.165) is 12.1 Å². The molecule has 0 aliphatic carbocycles.